The minimum Gasteiger partial charge on any atom is -0.358 e. The largest absolute Gasteiger partial charge is 0.358 e. The molecule has 2 aliphatic rings. The van der Waals surface area contributed by atoms with E-state index < -0.39 is 4.33 Å². The molecule has 0 aromatic heterocycles. The lowest BCUT2D eigenvalue weighted by molar-refractivity contribution is 0.539. The molecule has 80 valence electrons. The fraction of sp³-hybridized carbons (Fsp3) is 0.889. The van der Waals surface area contributed by atoms with Gasteiger partial charge in [-0.25, -0.2) is 0 Å². The second-order valence-electron chi connectivity index (χ2n) is 3.93. The molecule has 0 unspecified atom stereocenters. The molecule has 14 heavy (non-hydrogen) atoms. The quantitative estimate of drug-likeness (QED) is 0.560. The number of hydrogen-bond acceptors (Lipinski definition) is 2. The van der Waals surface area contributed by atoms with Gasteiger partial charge in [-0.2, -0.15) is 0 Å². The molecule has 1 saturated heterocycles. The van der Waals surface area contributed by atoms with E-state index >= 15 is 0 Å². The van der Waals surface area contributed by atoms with Crippen LogP contribution in [0.1, 0.15) is 19.3 Å². The van der Waals surface area contributed by atoms with Gasteiger partial charge in [0, 0.05) is 24.8 Å². The van der Waals surface area contributed by atoms with E-state index in [0.717, 1.165) is 29.6 Å². The van der Waals surface area contributed by atoms with Gasteiger partial charge in [0.05, 0.1) is 0 Å². The Morgan fingerprint density at radius 1 is 1.43 bits per heavy atom. The maximum Gasteiger partial charge on any atom is 0.136 e. The third-order valence-corrected chi connectivity index (χ3v) is 5.34. The number of nitrogens with zero attached hydrogens (tertiary/aromatic N) is 1. The summed E-state index contributed by atoms with van der Waals surface area (Å²) in [6, 6.07) is 0. The molecule has 0 N–H and O–H groups in total. The van der Waals surface area contributed by atoms with Gasteiger partial charge in [-0.1, -0.05) is 24.0 Å². The molecule has 2 rings (SSSR count). The first-order valence-corrected chi connectivity index (χ1v) is 7.04. The highest BCUT2D eigenvalue weighted by molar-refractivity contribution is 8.22. The molecule has 1 aliphatic heterocycles. The van der Waals surface area contributed by atoms with Gasteiger partial charge in [-0.15, -0.1) is 23.2 Å². The summed E-state index contributed by atoms with van der Waals surface area (Å²) in [5.41, 5.74) is 0. The number of rotatable bonds is 2. The first-order valence-electron chi connectivity index (χ1n) is 4.89. The van der Waals surface area contributed by atoms with Gasteiger partial charge in [0.25, 0.3) is 0 Å². The first kappa shape index (κ1) is 11.3. The van der Waals surface area contributed by atoms with Gasteiger partial charge in [0.2, 0.25) is 0 Å². The van der Waals surface area contributed by atoms with Gasteiger partial charge < -0.3 is 4.90 Å². The van der Waals surface area contributed by atoms with Crippen LogP contribution in [0.4, 0.5) is 0 Å². The van der Waals surface area contributed by atoms with Crippen molar-refractivity contribution < 1.29 is 0 Å². The molecule has 1 saturated carbocycles. The molecule has 0 aromatic carbocycles. The van der Waals surface area contributed by atoms with Crippen LogP contribution in [0, 0.1) is 5.92 Å². The molecule has 0 amide bonds. The fourth-order valence-electron chi connectivity index (χ4n) is 1.61. The lowest BCUT2D eigenvalue weighted by atomic mass is 10.4. The lowest BCUT2D eigenvalue weighted by Gasteiger charge is -2.17. The predicted molar refractivity (Wildman–Crippen MR) is 68.4 cm³/mol. The van der Waals surface area contributed by atoms with Crippen LogP contribution in [0.3, 0.4) is 0 Å². The molecule has 0 aromatic rings. The molecule has 1 heterocycles. The topological polar surface area (TPSA) is 3.24 Å². The normalized spacial score (nSPS) is 29.3. The smallest absolute Gasteiger partial charge is 0.136 e. The standard InChI is InChI=1S/C9H13Cl2NS2/c10-9(11)5-7(9)6-14-8(13)12-3-1-2-4-12/h7H,1-6H2/t7-/m1/s1. The molecule has 0 radical (unpaired) electrons. The Balaban J connectivity index is 1.68. The molecule has 1 nitrogen and oxygen atoms in total. The molecule has 1 aliphatic carbocycles. The van der Waals surface area contributed by atoms with Crippen molar-refractivity contribution in [3.63, 3.8) is 0 Å². The average molecular weight is 270 g/mol. The second-order valence-corrected chi connectivity index (χ2v) is 7.13. The minimum absolute atomic E-state index is 0.441. The monoisotopic (exact) mass is 269 g/mol. The molecular weight excluding hydrogens is 257 g/mol. The van der Waals surface area contributed by atoms with Crippen molar-refractivity contribution >= 4 is 51.5 Å². The van der Waals surface area contributed by atoms with Gasteiger partial charge in [0.1, 0.15) is 8.65 Å². The van der Waals surface area contributed by atoms with Crippen LogP contribution in [-0.4, -0.2) is 32.4 Å². The Morgan fingerprint density at radius 2 is 2.00 bits per heavy atom. The Bertz CT molecular complexity index is 239. The van der Waals surface area contributed by atoms with E-state index in [9.17, 15) is 0 Å². The molecular formula is C9H13Cl2NS2. The summed E-state index contributed by atoms with van der Waals surface area (Å²) in [6.07, 6.45) is 3.48. The van der Waals surface area contributed by atoms with Gasteiger partial charge in [0.15, 0.2) is 0 Å². The van der Waals surface area contributed by atoms with E-state index in [1.165, 1.54) is 12.8 Å². The van der Waals surface area contributed by atoms with E-state index in [4.69, 9.17) is 35.4 Å². The van der Waals surface area contributed by atoms with Crippen molar-refractivity contribution in [3.05, 3.63) is 0 Å². The number of thiocarbonyl (C=S) groups is 1. The second kappa shape index (κ2) is 4.36. The van der Waals surface area contributed by atoms with E-state index in [-0.39, 0.29) is 0 Å². The van der Waals surface area contributed by atoms with Crippen LogP contribution >= 0.6 is 47.2 Å². The van der Waals surface area contributed by atoms with Crippen LogP contribution in [0.15, 0.2) is 0 Å². The number of likely N-dealkylation sites (tertiary alicyclic amines) is 1. The Morgan fingerprint density at radius 3 is 2.50 bits per heavy atom. The Labute approximate surface area is 104 Å². The summed E-state index contributed by atoms with van der Waals surface area (Å²) >= 11 is 19.0. The number of halogens is 2. The van der Waals surface area contributed by atoms with E-state index in [1.807, 2.05) is 0 Å². The highest BCUT2D eigenvalue weighted by Gasteiger charge is 2.51. The molecule has 5 heteroatoms. The zero-order valence-corrected chi connectivity index (χ0v) is 11.0. The summed E-state index contributed by atoms with van der Waals surface area (Å²) in [6.45, 7) is 2.26. The predicted octanol–water partition coefficient (Wildman–Crippen LogP) is 3.29. The van der Waals surface area contributed by atoms with E-state index in [2.05, 4.69) is 4.90 Å². The molecule has 1 atom stereocenters. The Hall–Kier alpha value is 0.820. The van der Waals surface area contributed by atoms with Crippen molar-refractivity contribution in [2.24, 2.45) is 5.92 Å². The molecule has 0 spiro atoms. The van der Waals surface area contributed by atoms with E-state index in [0.29, 0.717) is 5.92 Å². The van der Waals surface area contributed by atoms with Crippen LogP contribution in [-0.2, 0) is 0 Å². The van der Waals surface area contributed by atoms with Crippen LogP contribution in [0.25, 0.3) is 0 Å². The summed E-state index contributed by atoms with van der Waals surface area (Å²) in [4.78, 5) is 2.28. The molecule has 2 fully saturated rings. The van der Waals surface area contributed by atoms with Gasteiger partial charge >= 0.3 is 0 Å². The van der Waals surface area contributed by atoms with Crippen LogP contribution in [0.2, 0.25) is 0 Å². The zero-order chi connectivity index (χ0) is 10.2. The number of alkyl halides is 2. The summed E-state index contributed by atoms with van der Waals surface area (Å²) in [5.74, 6) is 1.42. The van der Waals surface area contributed by atoms with Gasteiger partial charge in [-0.3, -0.25) is 0 Å². The highest BCUT2D eigenvalue weighted by Crippen LogP contribution is 2.54. The molecule has 0 bridgehead atoms. The van der Waals surface area contributed by atoms with Crippen LogP contribution < -0.4 is 0 Å². The number of hydrogen-bond donors (Lipinski definition) is 0. The van der Waals surface area contributed by atoms with Crippen molar-refractivity contribution in [1.82, 2.24) is 4.90 Å². The van der Waals surface area contributed by atoms with Crippen molar-refractivity contribution in [2.75, 3.05) is 18.8 Å². The van der Waals surface area contributed by atoms with Crippen molar-refractivity contribution in [3.8, 4) is 0 Å². The third kappa shape index (κ3) is 2.69. The minimum atomic E-state index is -0.451. The van der Waals surface area contributed by atoms with Crippen molar-refractivity contribution in [1.29, 1.82) is 0 Å². The highest BCUT2D eigenvalue weighted by atomic mass is 35.5. The maximum atomic E-state index is 5.95. The van der Waals surface area contributed by atoms with Crippen LogP contribution in [0.5, 0.6) is 0 Å². The lowest BCUT2D eigenvalue weighted by Crippen LogP contribution is -2.23. The Kier molecular flexibility index (Phi) is 3.52. The summed E-state index contributed by atoms with van der Waals surface area (Å²) < 4.78 is 0.576. The fourth-order valence-corrected chi connectivity index (χ4v) is 3.82. The number of thioether (sulfide) groups is 1. The van der Waals surface area contributed by atoms with Crippen molar-refractivity contribution in [2.45, 2.75) is 23.6 Å². The average Bonchev–Trinajstić information content (AvgIpc) is 2.58. The zero-order valence-electron chi connectivity index (χ0n) is 7.84. The van der Waals surface area contributed by atoms with Gasteiger partial charge in [-0.05, 0) is 19.3 Å². The third-order valence-electron chi connectivity index (χ3n) is 2.73. The summed E-state index contributed by atoms with van der Waals surface area (Å²) in [7, 11) is 0. The SMILES string of the molecule is S=C(SC[C@H]1CC1(Cl)Cl)N1CCCC1. The van der Waals surface area contributed by atoms with E-state index in [1.54, 1.807) is 11.8 Å². The summed E-state index contributed by atoms with van der Waals surface area (Å²) in [5, 5.41) is 0. The first-order chi connectivity index (χ1) is 6.59. The maximum absolute atomic E-state index is 5.95.